The molecule has 1 fully saturated rings. The average Bonchev–Trinajstić information content (AvgIpc) is 2.25. The molecule has 1 N–H and O–H groups in total. The molecule has 3 heteroatoms. The number of piperidine rings is 1. The van der Waals surface area contributed by atoms with Gasteiger partial charge in [0, 0.05) is 19.6 Å². The molecule has 0 saturated carbocycles. The molecule has 1 rings (SSSR count). The number of carbonyl (C=O) groups excluding carboxylic acids is 1. The third kappa shape index (κ3) is 3.21. The minimum atomic E-state index is -0.177. The standard InChI is InChI=1S/C13H26N2O/c1-5-15(9-11(2)3)12(16)13(4)7-6-8-14-10-13/h11,14H,5-10H2,1-4H3. The Morgan fingerprint density at radius 2 is 2.19 bits per heavy atom. The van der Waals surface area contributed by atoms with E-state index in [1.807, 2.05) is 4.90 Å². The minimum absolute atomic E-state index is 0.177. The lowest BCUT2D eigenvalue weighted by Crippen LogP contribution is -2.51. The van der Waals surface area contributed by atoms with E-state index in [2.05, 4.69) is 33.0 Å². The molecule has 0 radical (unpaired) electrons. The summed E-state index contributed by atoms with van der Waals surface area (Å²) >= 11 is 0. The summed E-state index contributed by atoms with van der Waals surface area (Å²) in [5.74, 6) is 0.875. The summed E-state index contributed by atoms with van der Waals surface area (Å²) < 4.78 is 0. The van der Waals surface area contributed by atoms with Gasteiger partial charge in [-0.3, -0.25) is 4.79 Å². The van der Waals surface area contributed by atoms with Crippen molar-refractivity contribution in [2.75, 3.05) is 26.2 Å². The van der Waals surface area contributed by atoms with Crippen LogP contribution < -0.4 is 5.32 Å². The first kappa shape index (κ1) is 13.5. The van der Waals surface area contributed by atoms with Gasteiger partial charge in [0.1, 0.15) is 0 Å². The van der Waals surface area contributed by atoms with E-state index in [1.54, 1.807) is 0 Å². The van der Waals surface area contributed by atoms with Crippen LogP contribution in [0.25, 0.3) is 0 Å². The van der Waals surface area contributed by atoms with E-state index < -0.39 is 0 Å². The van der Waals surface area contributed by atoms with Gasteiger partial charge in [0.05, 0.1) is 5.41 Å². The van der Waals surface area contributed by atoms with Gasteiger partial charge in [-0.2, -0.15) is 0 Å². The van der Waals surface area contributed by atoms with E-state index in [0.29, 0.717) is 11.8 Å². The molecule has 1 aliphatic rings. The molecule has 1 heterocycles. The second-order valence-corrected chi connectivity index (χ2v) is 5.58. The Morgan fingerprint density at radius 1 is 1.50 bits per heavy atom. The van der Waals surface area contributed by atoms with Crippen molar-refractivity contribution in [1.82, 2.24) is 10.2 Å². The molecular weight excluding hydrogens is 200 g/mol. The highest BCUT2D eigenvalue weighted by molar-refractivity contribution is 5.82. The fourth-order valence-electron chi connectivity index (χ4n) is 2.42. The molecule has 3 nitrogen and oxygen atoms in total. The summed E-state index contributed by atoms with van der Waals surface area (Å²) in [6.07, 6.45) is 2.13. The second kappa shape index (κ2) is 5.67. The van der Waals surface area contributed by atoms with Crippen molar-refractivity contribution >= 4 is 5.91 Å². The van der Waals surface area contributed by atoms with Crippen LogP contribution in [0.4, 0.5) is 0 Å². The fraction of sp³-hybridized carbons (Fsp3) is 0.923. The molecule has 0 bridgehead atoms. The maximum atomic E-state index is 12.5. The first-order valence-corrected chi connectivity index (χ1v) is 6.49. The third-order valence-corrected chi connectivity index (χ3v) is 3.37. The van der Waals surface area contributed by atoms with Gasteiger partial charge in [0.2, 0.25) is 5.91 Å². The van der Waals surface area contributed by atoms with Crippen LogP contribution >= 0.6 is 0 Å². The Kier molecular flexibility index (Phi) is 4.78. The van der Waals surface area contributed by atoms with Crippen molar-refractivity contribution < 1.29 is 4.79 Å². The maximum absolute atomic E-state index is 12.5. The summed E-state index contributed by atoms with van der Waals surface area (Å²) in [6, 6.07) is 0. The van der Waals surface area contributed by atoms with Crippen LogP contribution in [0.15, 0.2) is 0 Å². The average molecular weight is 226 g/mol. The smallest absolute Gasteiger partial charge is 0.229 e. The van der Waals surface area contributed by atoms with Crippen LogP contribution in [-0.4, -0.2) is 37.0 Å². The molecular formula is C13H26N2O. The van der Waals surface area contributed by atoms with Gasteiger partial charge >= 0.3 is 0 Å². The number of hydrogen-bond donors (Lipinski definition) is 1. The Balaban J connectivity index is 2.65. The van der Waals surface area contributed by atoms with Gasteiger partial charge in [0.25, 0.3) is 0 Å². The Morgan fingerprint density at radius 3 is 2.62 bits per heavy atom. The zero-order chi connectivity index (χ0) is 12.2. The van der Waals surface area contributed by atoms with E-state index >= 15 is 0 Å². The van der Waals surface area contributed by atoms with E-state index in [-0.39, 0.29) is 5.41 Å². The monoisotopic (exact) mass is 226 g/mol. The topological polar surface area (TPSA) is 32.3 Å². The number of carbonyl (C=O) groups is 1. The summed E-state index contributed by atoms with van der Waals surface area (Å²) in [7, 11) is 0. The lowest BCUT2D eigenvalue weighted by Gasteiger charge is -2.37. The summed E-state index contributed by atoms with van der Waals surface area (Å²) in [5, 5.41) is 3.34. The van der Waals surface area contributed by atoms with Gasteiger partial charge in [-0.1, -0.05) is 13.8 Å². The molecule has 1 atom stereocenters. The summed E-state index contributed by atoms with van der Waals surface area (Å²) in [5.41, 5.74) is -0.177. The molecule has 94 valence electrons. The lowest BCUT2D eigenvalue weighted by molar-refractivity contribution is -0.142. The van der Waals surface area contributed by atoms with Crippen LogP contribution in [0.1, 0.15) is 40.5 Å². The molecule has 1 saturated heterocycles. The third-order valence-electron chi connectivity index (χ3n) is 3.37. The van der Waals surface area contributed by atoms with Gasteiger partial charge < -0.3 is 10.2 Å². The number of nitrogens with zero attached hydrogens (tertiary/aromatic N) is 1. The van der Waals surface area contributed by atoms with Crippen LogP contribution in [0.5, 0.6) is 0 Å². The fourth-order valence-corrected chi connectivity index (χ4v) is 2.42. The minimum Gasteiger partial charge on any atom is -0.342 e. The largest absolute Gasteiger partial charge is 0.342 e. The van der Waals surface area contributed by atoms with Crippen molar-refractivity contribution in [3.63, 3.8) is 0 Å². The van der Waals surface area contributed by atoms with E-state index in [0.717, 1.165) is 39.0 Å². The zero-order valence-electron chi connectivity index (χ0n) is 11.2. The highest BCUT2D eigenvalue weighted by atomic mass is 16.2. The lowest BCUT2D eigenvalue weighted by atomic mass is 9.81. The molecule has 1 unspecified atom stereocenters. The molecule has 1 amide bonds. The van der Waals surface area contributed by atoms with Crippen molar-refractivity contribution in [3.8, 4) is 0 Å². The van der Waals surface area contributed by atoms with Crippen LogP contribution in [-0.2, 0) is 4.79 Å². The number of nitrogens with one attached hydrogen (secondary N) is 1. The van der Waals surface area contributed by atoms with E-state index in [1.165, 1.54) is 0 Å². The first-order valence-electron chi connectivity index (χ1n) is 6.49. The molecule has 0 aromatic rings. The number of amides is 1. The highest BCUT2D eigenvalue weighted by Crippen LogP contribution is 2.28. The molecule has 0 aromatic carbocycles. The molecule has 1 aliphatic heterocycles. The van der Waals surface area contributed by atoms with Gasteiger partial charge in [-0.05, 0) is 39.2 Å². The quantitative estimate of drug-likeness (QED) is 0.794. The van der Waals surface area contributed by atoms with Crippen molar-refractivity contribution in [2.45, 2.75) is 40.5 Å². The van der Waals surface area contributed by atoms with Crippen LogP contribution in [0, 0.1) is 11.3 Å². The van der Waals surface area contributed by atoms with Gasteiger partial charge in [-0.25, -0.2) is 0 Å². The normalized spacial score (nSPS) is 25.8. The molecule has 0 aromatic heterocycles. The zero-order valence-corrected chi connectivity index (χ0v) is 11.2. The van der Waals surface area contributed by atoms with E-state index in [4.69, 9.17) is 0 Å². The predicted molar refractivity (Wildman–Crippen MR) is 67.3 cm³/mol. The van der Waals surface area contributed by atoms with Gasteiger partial charge in [0.15, 0.2) is 0 Å². The Hall–Kier alpha value is -0.570. The summed E-state index contributed by atoms with van der Waals surface area (Å²) in [6.45, 7) is 12.1. The van der Waals surface area contributed by atoms with Crippen LogP contribution in [0.2, 0.25) is 0 Å². The maximum Gasteiger partial charge on any atom is 0.229 e. The van der Waals surface area contributed by atoms with E-state index in [9.17, 15) is 4.79 Å². The molecule has 16 heavy (non-hydrogen) atoms. The highest BCUT2D eigenvalue weighted by Gasteiger charge is 2.37. The van der Waals surface area contributed by atoms with Crippen molar-refractivity contribution in [1.29, 1.82) is 0 Å². The predicted octanol–water partition coefficient (Wildman–Crippen LogP) is 1.88. The molecule has 0 spiro atoms. The number of rotatable bonds is 4. The SMILES string of the molecule is CCN(CC(C)C)C(=O)C1(C)CCCNC1. The second-order valence-electron chi connectivity index (χ2n) is 5.58. The van der Waals surface area contributed by atoms with Crippen molar-refractivity contribution in [3.05, 3.63) is 0 Å². The first-order chi connectivity index (χ1) is 7.49. The summed E-state index contributed by atoms with van der Waals surface area (Å²) in [4.78, 5) is 14.5. The molecule has 0 aliphatic carbocycles. The Labute approximate surface area is 99.6 Å². The van der Waals surface area contributed by atoms with Gasteiger partial charge in [-0.15, -0.1) is 0 Å². The van der Waals surface area contributed by atoms with Crippen LogP contribution in [0.3, 0.4) is 0 Å². The Bertz CT molecular complexity index is 232. The van der Waals surface area contributed by atoms with Crippen molar-refractivity contribution in [2.24, 2.45) is 11.3 Å². The number of hydrogen-bond acceptors (Lipinski definition) is 2.